The molecular weight excluding hydrogens is 268 g/mol. The Labute approximate surface area is 135 Å². The maximum absolute atomic E-state index is 2.52. The molecule has 3 rings (SSSR count). The molecule has 2 heteroatoms. The summed E-state index contributed by atoms with van der Waals surface area (Å²) in [7, 11) is 2.19. The Morgan fingerprint density at radius 1 is 0.727 bits per heavy atom. The fourth-order valence-electron chi connectivity index (χ4n) is 2.56. The van der Waals surface area contributed by atoms with Crippen molar-refractivity contribution in [2.75, 3.05) is 33.2 Å². The third kappa shape index (κ3) is 6.00. The molecule has 118 valence electrons. The first-order valence-electron chi connectivity index (χ1n) is 8.26. The highest BCUT2D eigenvalue weighted by molar-refractivity contribution is 5.14. The van der Waals surface area contributed by atoms with Crippen LogP contribution in [0.25, 0.3) is 0 Å². The highest BCUT2D eigenvalue weighted by Crippen LogP contribution is 2.06. The zero-order chi connectivity index (χ0) is 15.6. The predicted molar refractivity (Wildman–Crippen MR) is 95.0 cm³/mol. The van der Waals surface area contributed by atoms with Gasteiger partial charge < -0.3 is 4.90 Å². The van der Waals surface area contributed by atoms with Gasteiger partial charge in [-0.15, -0.1) is 0 Å². The minimum Gasteiger partial charge on any atom is -0.304 e. The third-order valence-corrected chi connectivity index (χ3v) is 4.10. The maximum atomic E-state index is 2.52. The van der Waals surface area contributed by atoms with Gasteiger partial charge in [0.25, 0.3) is 0 Å². The lowest BCUT2D eigenvalue weighted by Gasteiger charge is -2.32. The number of likely N-dealkylation sites (N-methyl/N-ethyl adjacent to an activating group) is 1. The Kier molecular flexibility index (Phi) is 7.14. The first-order chi connectivity index (χ1) is 10.8. The SMILES string of the molecule is CCc1ccccc1.CN1CCN(Cc2ccccc2)CC1. The highest BCUT2D eigenvalue weighted by Gasteiger charge is 2.13. The molecule has 0 bridgehead atoms. The van der Waals surface area contributed by atoms with E-state index in [9.17, 15) is 0 Å². The van der Waals surface area contributed by atoms with E-state index >= 15 is 0 Å². The highest BCUT2D eigenvalue weighted by atomic mass is 15.2. The third-order valence-electron chi connectivity index (χ3n) is 4.10. The number of benzene rings is 2. The number of hydrogen-bond donors (Lipinski definition) is 0. The van der Waals surface area contributed by atoms with Crippen molar-refractivity contribution in [1.29, 1.82) is 0 Å². The van der Waals surface area contributed by atoms with Crippen molar-refractivity contribution >= 4 is 0 Å². The molecule has 0 radical (unpaired) electrons. The summed E-state index contributed by atoms with van der Waals surface area (Å²) in [5, 5.41) is 0. The van der Waals surface area contributed by atoms with E-state index in [0.717, 1.165) is 13.0 Å². The molecule has 0 unspecified atom stereocenters. The lowest BCUT2D eigenvalue weighted by molar-refractivity contribution is 0.148. The second kappa shape index (κ2) is 9.39. The number of aryl methyl sites for hydroxylation is 1. The molecule has 0 aliphatic carbocycles. The minimum atomic E-state index is 1.11. The summed E-state index contributed by atoms with van der Waals surface area (Å²) in [5.74, 6) is 0. The summed E-state index contributed by atoms with van der Waals surface area (Å²) in [4.78, 5) is 4.91. The topological polar surface area (TPSA) is 6.48 Å². The van der Waals surface area contributed by atoms with Gasteiger partial charge in [0.05, 0.1) is 0 Å². The van der Waals surface area contributed by atoms with Gasteiger partial charge in [-0.1, -0.05) is 67.6 Å². The summed E-state index contributed by atoms with van der Waals surface area (Å²) >= 11 is 0. The van der Waals surface area contributed by atoms with Gasteiger partial charge in [0.2, 0.25) is 0 Å². The van der Waals surface area contributed by atoms with Crippen LogP contribution in [0.1, 0.15) is 18.1 Å². The standard InChI is InChI=1S/C12H18N2.C8H10/c1-13-7-9-14(10-8-13)11-12-5-3-2-4-6-12;1-2-8-6-4-3-5-7-8/h2-6H,7-11H2,1H3;3-7H,2H2,1H3. The summed E-state index contributed by atoms with van der Waals surface area (Å²) in [6.07, 6.45) is 1.14. The molecule has 1 saturated heterocycles. The summed E-state index contributed by atoms with van der Waals surface area (Å²) in [6.45, 7) is 8.07. The van der Waals surface area contributed by atoms with E-state index < -0.39 is 0 Å². The molecular formula is C20H28N2. The lowest BCUT2D eigenvalue weighted by atomic mass is 10.2. The summed E-state index contributed by atoms with van der Waals surface area (Å²) < 4.78 is 0. The average Bonchev–Trinajstić information content (AvgIpc) is 2.59. The molecule has 0 aromatic heterocycles. The fourth-order valence-corrected chi connectivity index (χ4v) is 2.56. The Morgan fingerprint density at radius 2 is 1.23 bits per heavy atom. The van der Waals surface area contributed by atoms with Crippen LogP contribution in [0.15, 0.2) is 60.7 Å². The van der Waals surface area contributed by atoms with Crippen molar-refractivity contribution in [2.45, 2.75) is 19.9 Å². The van der Waals surface area contributed by atoms with Crippen molar-refractivity contribution in [3.05, 3.63) is 71.8 Å². The van der Waals surface area contributed by atoms with E-state index in [1.165, 1.54) is 37.3 Å². The fraction of sp³-hybridized carbons (Fsp3) is 0.400. The first-order valence-corrected chi connectivity index (χ1v) is 8.26. The second-order valence-electron chi connectivity index (χ2n) is 5.90. The van der Waals surface area contributed by atoms with Gasteiger partial charge in [0, 0.05) is 32.7 Å². The van der Waals surface area contributed by atoms with E-state index in [4.69, 9.17) is 0 Å². The van der Waals surface area contributed by atoms with Crippen LogP contribution in [0.2, 0.25) is 0 Å². The summed E-state index contributed by atoms with van der Waals surface area (Å²) in [6, 6.07) is 21.2. The average molecular weight is 296 g/mol. The second-order valence-corrected chi connectivity index (χ2v) is 5.90. The Hall–Kier alpha value is -1.64. The molecule has 2 aromatic carbocycles. The molecule has 0 saturated carbocycles. The zero-order valence-corrected chi connectivity index (χ0v) is 13.9. The van der Waals surface area contributed by atoms with Gasteiger partial charge >= 0.3 is 0 Å². The van der Waals surface area contributed by atoms with Crippen LogP contribution in [0, 0.1) is 0 Å². The number of hydrogen-bond acceptors (Lipinski definition) is 2. The van der Waals surface area contributed by atoms with Crippen LogP contribution in [-0.4, -0.2) is 43.0 Å². The van der Waals surface area contributed by atoms with Crippen LogP contribution < -0.4 is 0 Å². The monoisotopic (exact) mass is 296 g/mol. The van der Waals surface area contributed by atoms with E-state index in [2.05, 4.69) is 78.4 Å². The minimum absolute atomic E-state index is 1.11. The largest absolute Gasteiger partial charge is 0.304 e. The van der Waals surface area contributed by atoms with Crippen molar-refractivity contribution in [3.8, 4) is 0 Å². The molecule has 1 aliphatic heterocycles. The molecule has 1 heterocycles. The van der Waals surface area contributed by atoms with E-state index in [0.29, 0.717) is 0 Å². The number of piperazine rings is 1. The molecule has 0 atom stereocenters. The molecule has 1 fully saturated rings. The Balaban J connectivity index is 0.000000188. The van der Waals surface area contributed by atoms with Crippen LogP contribution >= 0.6 is 0 Å². The molecule has 2 nitrogen and oxygen atoms in total. The number of nitrogens with zero attached hydrogens (tertiary/aromatic N) is 2. The first kappa shape index (κ1) is 16.7. The van der Waals surface area contributed by atoms with Crippen molar-refractivity contribution in [3.63, 3.8) is 0 Å². The Bertz CT molecular complexity index is 502. The normalized spacial score (nSPS) is 15.9. The van der Waals surface area contributed by atoms with E-state index in [-0.39, 0.29) is 0 Å². The van der Waals surface area contributed by atoms with Gasteiger partial charge in [-0.3, -0.25) is 4.90 Å². The van der Waals surface area contributed by atoms with Gasteiger partial charge in [0.15, 0.2) is 0 Å². The smallest absolute Gasteiger partial charge is 0.0234 e. The van der Waals surface area contributed by atoms with Crippen molar-refractivity contribution in [1.82, 2.24) is 9.80 Å². The van der Waals surface area contributed by atoms with Crippen LogP contribution in [0.4, 0.5) is 0 Å². The van der Waals surface area contributed by atoms with Gasteiger partial charge in [-0.2, -0.15) is 0 Å². The molecule has 0 N–H and O–H groups in total. The van der Waals surface area contributed by atoms with E-state index in [1.807, 2.05) is 6.07 Å². The van der Waals surface area contributed by atoms with Gasteiger partial charge in [0.1, 0.15) is 0 Å². The van der Waals surface area contributed by atoms with Crippen molar-refractivity contribution in [2.24, 2.45) is 0 Å². The van der Waals surface area contributed by atoms with Crippen LogP contribution in [0.3, 0.4) is 0 Å². The molecule has 2 aromatic rings. The van der Waals surface area contributed by atoms with E-state index in [1.54, 1.807) is 0 Å². The van der Waals surface area contributed by atoms with Gasteiger partial charge in [-0.05, 0) is 24.6 Å². The molecule has 0 spiro atoms. The van der Waals surface area contributed by atoms with Gasteiger partial charge in [-0.25, -0.2) is 0 Å². The maximum Gasteiger partial charge on any atom is 0.0234 e. The van der Waals surface area contributed by atoms with Crippen LogP contribution in [-0.2, 0) is 13.0 Å². The van der Waals surface area contributed by atoms with Crippen LogP contribution in [0.5, 0.6) is 0 Å². The molecule has 0 amide bonds. The number of rotatable bonds is 3. The summed E-state index contributed by atoms with van der Waals surface area (Å²) in [5.41, 5.74) is 2.84. The quantitative estimate of drug-likeness (QED) is 0.852. The zero-order valence-electron chi connectivity index (χ0n) is 13.9. The Morgan fingerprint density at radius 3 is 1.68 bits per heavy atom. The van der Waals surface area contributed by atoms with Crippen molar-refractivity contribution < 1.29 is 0 Å². The molecule has 1 aliphatic rings. The lowest BCUT2D eigenvalue weighted by Crippen LogP contribution is -2.43. The molecule has 22 heavy (non-hydrogen) atoms. The predicted octanol–water partition coefficient (Wildman–Crippen LogP) is 3.68.